The summed E-state index contributed by atoms with van der Waals surface area (Å²) in [5.41, 5.74) is 6.44. The molecule has 98 valence electrons. The lowest BCUT2D eigenvalue weighted by molar-refractivity contribution is 0.129. The van der Waals surface area contributed by atoms with E-state index in [2.05, 4.69) is 6.92 Å². The number of amidine groups is 1. The molecule has 2 rings (SSSR count). The molecular weight excluding hydrogens is 224 g/mol. The molecule has 0 saturated heterocycles. The van der Waals surface area contributed by atoms with Gasteiger partial charge in [-0.15, -0.1) is 0 Å². The van der Waals surface area contributed by atoms with E-state index in [0.717, 1.165) is 23.7 Å². The first-order valence-electron chi connectivity index (χ1n) is 6.72. The van der Waals surface area contributed by atoms with E-state index in [1.54, 1.807) is 0 Å². The van der Waals surface area contributed by atoms with E-state index < -0.39 is 0 Å². The standard InChI is InChI=1S/C15H22N2O/c1-11-3-2-4-14(9-11)18-13-7-5-12(6-8-13)10-15(16)17/h5-8,11,14H,2-4,9-10H2,1H3,(H3,16,17). The van der Waals surface area contributed by atoms with Crippen LogP contribution in [0.2, 0.25) is 0 Å². The Morgan fingerprint density at radius 2 is 2.06 bits per heavy atom. The summed E-state index contributed by atoms with van der Waals surface area (Å²) in [6, 6.07) is 7.95. The van der Waals surface area contributed by atoms with Crippen LogP contribution in [0.25, 0.3) is 0 Å². The minimum Gasteiger partial charge on any atom is -0.490 e. The van der Waals surface area contributed by atoms with Crippen LogP contribution in [0.5, 0.6) is 5.75 Å². The van der Waals surface area contributed by atoms with E-state index in [1.807, 2.05) is 24.3 Å². The van der Waals surface area contributed by atoms with Crippen molar-refractivity contribution in [3.63, 3.8) is 0 Å². The van der Waals surface area contributed by atoms with Crippen molar-refractivity contribution in [3.05, 3.63) is 29.8 Å². The molecule has 0 bridgehead atoms. The zero-order valence-electron chi connectivity index (χ0n) is 11.0. The quantitative estimate of drug-likeness (QED) is 0.633. The lowest BCUT2D eigenvalue weighted by Crippen LogP contribution is -2.24. The van der Waals surface area contributed by atoms with Crippen LogP contribution >= 0.6 is 0 Å². The Kier molecular flexibility index (Phi) is 4.24. The second-order valence-electron chi connectivity index (χ2n) is 5.36. The first kappa shape index (κ1) is 12.9. The summed E-state index contributed by atoms with van der Waals surface area (Å²) in [4.78, 5) is 0. The number of hydrogen-bond acceptors (Lipinski definition) is 2. The average molecular weight is 246 g/mol. The number of nitrogens with one attached hydrogen (secondary N) is 1. The summed E-state index contributed by atoms with van der Waals surface area (Å²) < 4.78 is 6.00. The van der Waals surface area contributed by atoms with Gasteiger partial charge in [0.2, 0.25) is 0 Å². The maximum atomic E-state index is 7.26. The van der Waals surface area contributed by atoms with Crippen molar-refractivity contribution < 1.29 is 4.74 Å². The van der Waals surface area contributed by atoms with Crippen LogP contribution in [0.4, 0.5) is 0 Å². The van der Waals surface area contributed by atoms with Gasteiger partial charge in [-0.05, 0) is 42.9 Å². The number of rotatable bonds is 4. The molecule has 0 amide bonds. The molecule has 18 heavy (non-hydrogen) atoms. The van der Waals surface area contributed by atoms with Gasteiger partial charge in [0.1, 0.15) is 5.75 Å². The predicted molar refractivity (Wildman–Crippen MR) is 74.1 cm³/mol. The van der Waals surface area contributed by atoms with E-state index in [1.165, 1.54) is 19.3 Å². The first-order valence-corrected chi connectivity index (χ1v) is 6.72. The average Bonchev–Trinajstić information content (AvgIpc) is 2.31. The Labute approximate surface area is 109 Å². The molecule has 0 spiro atoms. The van der Waals surface area contributed by atoms with Gasteiger partial charge in [-0.2, -0.15) is 0 Å². The van der Waals surface area contributed by atoms with Crippen LogP contribution in [-0.2, 0) is 6.42 Å². The van der Waals surface area contributed by atoms with Crippen LogP contribution in [0.15, 0.2) is 24.3 Å². The molecule has 3 heteroatoms. The minimum absolute atomic E-state index is 0.199. The highest BCUT2D eigenvalue weighted by atomic mass is 16.5. The highest BCUT2D eigenvalue weighted by Crippen LogP contribution is 2.27. The normalized spacial score (nSPS) is 23.6. The number of nitrogens with two attached hydrogens (primary N) is 1. The zero-order chi connectivity index (χ0) is 13.0. The summed E-state index contributed by atoms with van der Waals surface area (Å²) in [6.45, 7) is 2.30. The highest BCUT2D eigenvalue weighted by molar-refractivity contribution is 5.79. The number of ether oxygens (including phenoxy) is 1. The van der Waals surface area contributed by atoms with Gasteiger partial charge in [-0.1, -0.05) is 25.5 Å². The van der Waals surface area contributed by atoms with E-state index in [-0.39, 0.29) is 5.84 Å². The van der Waals surface area contributed by atoms with Gasteiger partial charge in [0.15, 0.2) is 0 Å². The van der Waals surface area contributed by atoms with Gasteiger partial charge in [0, 0.05) is 6.42 Å². The molecule has 1 fully saturated rings. The van der Waals surface area contributed by atoms with E-state index in [0.29, 0.717) is 12.5 Å². The topological polar surface area (TPSA) is 59.1 Å². The zero-order valence-corrected chi connectivity index (χ0v) is 11.0. The molecule has 1 saturated carbocycles. The maximum Gasteiger partial charge on any atom is 0.119 e. The first-order chi connectivity index (χ1) is 8.63. The molecule has 1 aromatic carbocycles. The van der Waals surface area contributed by atoms with E-state index >= 15 is 0 Å². The fourth-order valence-corrected chi connectivity index (χ4v) is 2.58. The lowest BCUT2D eigenvalue weighted by Gasteiger charge is -2.27. The fraction of sp³-hybridized carbons (Fsp3) is 0.533. The lowest BCUT2D eigenvalue weighted by atomic mass is 9.89. The molecule has 1 aliphatic rings. The van der Waals surface area contributed by atoms with Crippen molar-refractivity contribution in [1.82, 2.24) is 0 Å². The van der Waals surface area contributed by atoms with E-state index in [4.69, 9.17) is 15.9 Å². The summed E-state index contributed by atoms with van der Waals surface area (Å²) in [5, 5.41) is 7.26. The molecule has 3 nitrogen and oxygen atoms in total. The van der Waals surface area contributed by atoms with Gasteiger partial charge < -0.3 is 10.5 Å². The highest BCUT2D eigenvalue weighted by Gasteiger charge is 2.20. The third-order valence-electron chi connectivity index (χ3n) is 3.51. The summed E-state index contributed by atoms with van der Waals surface area (Å²) in [7, 11) is 0. The second-order valence-corrected chi connectivity index (χ2v) is 5.36. The smallest absolute Gasteiger partial charge is 0.119 e. The van der Waals surface area contributed by atoms with Gasteiger partial charge in [-0.3, -0.25) is 5.41 Å². The monoisotopic (exact) mass is 246 g/mol. The van der Waals surface area contributed by atoms with Gasteiger partial charge in [0.25, 0.3) is 0 Å². The summed E-state index contributed by atoms with van der Waals surface area (Å²) in [5.74, 6) is 1.91. The molecule has 2 unspecified atom stereocenters. The molecule has 0 aliphatic heterocycles. The Balaban J connectivity index is 1.91. The molecule has 0 heterocycles. The van der Waals surface area contributed by atoms with Crippen LogP contribution < -0.4 is 10.5 Å². The van der Waals surface area contributed by atoms with Crippen molar-refractivity contribution in [2.45, 2.75) is 45.1 Å². The Morgan fingerprint density at radius 3 is 2.67 bits per heavy atom. The summed E-state index contributed by atoms with van der Waals surface area (Å²) >= 11 is 0. The van der Waals surface area contributed by atoms with Crippen LogP contribution in [-0.4, -0.2) is 11.9 Å². The van der Waals surface area contributed by atoms with Gasteiger partial charge in [0.05, 0.1) is 11.9 Å². The molecule has 2 atom stereocenters. The summed E-state index contributed by atoms with van der Waals surface area (Å²) in [6.07, 6.45) is 5.81. The molecule has 0 radical (unpaired) electrons. The van der Waals surface area contributed by atoms with Crippen LogP contribution in [0.1, 0.15) is 38.2 Å². The van der Waals surface area contributed by atoms with Gasteiger partial charge >= 0.3 is 0 Å². The van der Waals surface area contributed by atoms with Crippen molar-refractivity contribution in [3.8, 4) is 5.75 Å². The van der Waals surface area contributed by atoms with Crippen LogP contribution in [0, 0.1) is 11.3 Å². The van der Waals surface area contributed by atoms with Crippen molar-refractivity contribution in [2.24, 2.45) is 11.7 Å². The molecule has 0 aromatic heterocycles. The SMILES string of the molecule is CC1CCCC(Oc2ccc(CC(=N)N)cc2)C1. The van der Waals surface area contributed by atoms with E-state index in [9.17, 15) is 0 Å². The molecule has 3 N–H and O–H groups in total. The third kappa shape index (κ3) is 3.76. The van der Waals surface area contributed by atoms with Crippen molar-refractivity contribution in [1.29, 1.82) is 5.41 Å². The largest absolute Gasteiger partial charge is 0.490 e. The molecule has 1 aliphatic carbocycles. The Hall–Kier alpha value is -1.51. The maximum absolute atomic E-state index is 7.26. The Morgan fingerprint density at radius 1 is 1.33 bits per heavy atom. The van der Waals surface area contributed by atoms with Crippen LogP contribution in [0.3, 0.4) is 0 Å². The second kappa shape index (κ2) is 5.89. The van der Waals surface area contributed by atoms with Crippen molar-refractivity contribution >= 4 is 5.84 Å². The number of benzene rings is 1. The number of hydrogen-bond donors (Lipinski definition) is 2. The molecule has 1 aromatic rings. The van der Waals surface area contributed by atoms with Crippen molar-refractivity contribution in [2.75, 3.05) is 0 Å². The Bertz CT molecular complexity index is 399. The predicted octanol–water partition coefficient (Wildman–Crippen LogP) is 3.12. The molecular formula is C15H22N2O. The fourth-order valence-electron chi connectivity index (χ4n) is 2.58. The third-order valence-corrected chi connectivity index (χ3v) is 3.51. The minimum atomic E-state index is 0.199. The van der Waals surface area contributed by atoms with Gasteiger partial charge in [-0.25, -0.2) is 0 Å².